The molecule has 1 heterocycles. The Kier molecular flexibility index (Phi) is 3.48. The largest absolute Gasteiger partial charge is 0.399 e. The van der Waals surface area contributed by atoms with E-state index < -0.39 is 0 Å². The smallest absolute Gasteiger partial charge is 0.159 e. The Morgan fingerprint density at radius 2 is 1.45 bits per heavy atom. The van der Waals surface area contributed by atoms with Gasteiger partial charge in [-0.3, -0.25) is 0 Å². The highest BCUT2D eigenvalue weighted by Gasteiger charge is 2.05. The molecule has 0 fully saturated rings. The maximum atomic E-state index is 5.68. The highest BCUT2D eigenvalue weighted by atomic mass is 79.9. The van der Waals surface area contributed by atoms with Gasteiger partial charge in [-0.1, -0.05) is 34.1 Å². The van der Waals surface area contributed by atoms with Crippen LogP contribution in [0.4, 0.5) is 5.69 Å². The number of hydrogen-bond donors (Lipinski definition) is 1. The summed E-state index contributed by atoms with van der Waals surface area (Å²) >= 11 is 3.53. The zero-order chi connectivity index (χ0) is 13.9. The average Bonchev–Trinajstić information content (AvgIpc) is 2.49. The normalized spacial score (nSPS) is 10.4. The molecule has 3 aromatic rings. The molecule has 4 heteroatoms. The van der Waals surface area contributed by atoms with Crippen molar-refractivity contribution in [2.75, 3.05) is 5.73 Å². The van der Waals surface area contributed by atoms with Gasteiger partial charge in [0.05, 0.1) is 0 Å². The zero-order valence-electron chi connectivity index (χ0n) is 10.6. The lowest BCUT2D eigenvalue weighted by Gasteiger charge is -2.05. The van der Waals surface area contributed by atoms with E-state index in [-0.39, 0.29) is 0 Å². The first-order valence-corrected chi connectivity index (χ1v) is 6.96. The van der Waals surface area contributed by atoms with Gasteiger partial charge in [0.2, 0.25) is 0 Å². The summed E-state index contributed by atoms with van der Waals surface area (Å²) in [7, 11) is 0. The minimum Gasteiger partial charge on any atom is -0.399 e. The quantitative estimate of drug-likeness (QED) is 0.720. The van der Waals surface area contributed by atoms with Gasteiger partial charge in [0.15, 0.2) is 5.82 Å². The highest BCUT2D eigenvalue weighted by Crippen LogP contribution is 2.27. The fourth-order valence-corrected chi connectivity index (χ4v) is 2.46. The number of anilines is 1. The van der Waals surface area contributed by atoms with Crippen molar-refractivity contribution < 1.29 is 0 Å². The molecule has 0 amide bonds. The number of nitrogens with two attached hydrogens (primary N) is 1. The lowest BCUT2D eigenvalue weighted by molar-refractivity contribution is 1.18. The molecule has 0 aliphatic heterocycles. The van der Waals surface area contributed by atoms with Crippen molar-refractivity contribution >= 4 is 21.6 Å². The number of benzene rings is 2. The highest BCUT2D eigenvalue weighted by molar-refractivity contribution is 9.10. The van der Waals surface area contributed by atoms with Crippen LogP contribution in [-0.2, 0) is 0 Å². The third-order valence-corrected chi connectivity index (χ3v) is 3.70. The van der Waals surface area contributed by atoms with Crippen LogP contribution in [0.25, 0.3) is 22.5 Å². The van der Waals surface area contributed by atoms with Crippen LogP contribution >= 0.6 is 15.9 Å². The van der Waals surface area contributed by atoms with Crippen molar-refractivity contribution in [3.05, 3.63) is 65.4 Å². The second-order valence-electron chi connectivity index (χ2n) is 4.40. The molecule has 1 aromatic heterocycles. The van der Waals surface area contributed by atoms with Crippen LogP contribution in [0.15, 0.2) is 65.4 Å². The Bertz CT molecular complexity index is 721. The van der Waals surface area contributed by atoms with Crippen molar-refractivity contribution in [3.8, 4) is 22.5 Å². The Balaban J connectivity index is 1.96. The molecule has 3 rings (SSSR count). The van der Waals surface area contributed by atoms with Crippen LogP contribution < -0.4 is 5.73 Å². The van der Waals surface area contributed by atoms with Crippen LogP contribution in [0.1, 0.15) is 0 Å². The Hall–Kier alpha value is -2.20. The number of halogens is 1. The van der Waals surface area contributed by atoms with E-state index in [1.54, 1.807) is 0 Å². The Morgan fingerprint density at radius 3 is 2.10 bits per heavy atom. The Labute approximate surface area is 125 Å². The predicted octanol–water partition coefficient (Wildman–Crippen LogP) is 4.16. The van der Waals surface area contributed by atoms with E-state index in [1.165, 1.54) is 0 Å². The van der Waals surface area contributed by atoms with Gasteiger partial charge < -0.3 is 5.73 Å². The van der Waals surface area contributed by atoms with Crippen LogP contribution in [0.2, 0.25) is 0 Å². The van der Waals surface area contributed by atoms with Crippen molar-refractivity contribution in [1.29, 1.82) is 0 Å². The molecule has 20 heavy (non-hydrogen) atoms. The van der Waals surface area contributed by atoms with Crippen LogP contribution in [0.5, 0.6) is 0 Å². The van der Waals surface area contributed by atoms with Crippen LogP contribution in [0.3, 0.4) is 0 Å². The number of rotatable bonds is 2. The number of nitrogen functional groups attached to an aromatic ring is 1. The SMILES string of the molecule is Nc1ccc(-c2ncc(-c3ccccc3Br)cn2)cc1. The van der Waals surface area contributed by atoms with Gasteiger partial charge in [0.1, 0.15) is 0 Å². The average molecular weight is 326 g/mol. The minimum atomic E-state index is 0.695. The first-order valence-electron chi connectivity index (χ1n) is 6.17. The van der Waals surface area contributed by atoms with E-state index in [2.05, 4.69) is 25.9 Å². The molecule has 0 saturated heterocycles. The summed E-state index contributed by atoms with van der Waals surface area (Å²) in [6.45, 7) is 0. The summed E-state index contributed by atoms with van der Waals surface area (Å²) in [5.74, 6) is 0.695. The molecule has 2 aromatic carbocycles. The third kappa shape index (κ3) is 2.56. The molecule has 2 N–H and O–H groups in total. The second-order valence-corrected chi connectivity index (χ2v) is 5.25. The van der Waals surface area contributed by atoms with E-state index in [0.29, 0.717) is 5.82 Å². The molecular formula is C16H12BrN3. The monoisotopic (exact) mass is 325 g/mol. The Morgan fingerprint density at radius 1 is 0.800 bits per heavy atom. The summed E-state index contributed by atoms with van der Waals surface area (Å²) in [6, 6.07) is 15.5. The maximum absolute atomic E-state index is 5.68. The molecule has 0 atom stereocenters. The second kappa shape index (κ2) is 5.43. The zero-order valence-corrected chi connectivity index (χ0v) is 12.2. The predicted molar refractivity (Wildman–Crippen MR) is 85.0 cm³/mol. The van der Waals surface area contributed by atoms with Gasteiger partial charge >= 0.3 is 0 Å². The molecule has 0 spiro atoms. The molecule has 0 aliphatic carbocycles. The summed E-state index contributed by atoms with van der Waals surface area (Å²) in [5, 5.41) is 0. The maximum Gasteiger partial charge on any atom is 0.159 e. The lowest BCUT2D eigenvalue weighted by atomic mass is 10.1. The van der Waals surface area contributed by atoms with Gasteiger partial charge in [-0.25, -0.2) is 9.97 Å². The van der Waals surface area contributed by atoms with Crippen molar-refractivity contribution in [2.24, 2.45) is 0 Å². The molecule has 3 nitrogen and oxygen atoms in total. The molecule has 0 bridgehead atoms. The molecule has 0 radical (unpaired) electrons. The van der Waals surface area contributed by atoms with E-state index >= 15 is 0 Å². The van der Waals surface area contributed by atoms with E-state index in [9.17, 15) is 0 Å². The standard InChI is InChI=1S/C16H12BrN3/c17-15-4-2-1-3-14(15)12-9-19-16(20-10-12)11-5-7-13(18)8-6-11/h1-10H,18H2. The molecule has 98 valence electrons. The van der Waals surface area contributed by atoms with Gasteiger partial charge in [-0.15, -0.1) is 0 Å². The first kappa shape index (κ1) is 12.8. The fraction of sp³-hybridized carbons (Fsp3) is 0. The third-order valence-electron chi connectivity index (χ3n) is 3.01. The number of nitrogens with zero attached hydrogens (tertiary/aromatic N) is 2. The van der Waals surface area contributed by atoms with E-state index in [1.807, 2.05) is 60.9 Å². The first-order chi connectivity index (χ1) is 9.74. The lowest BCUT2D eigenvalue weighted by Crippen LogP contribution is -1.91. The topological polar surface area (TPSA) is 51.8 Å². The van der Waals surface area contributed by atoms with Crippen LogP contribution in [0, 0.1) is 0 Å². The molecule has 0 aliphatic rings. The van der Waals surface area contributed by atoms with Gasteiger partial charge in [-0.2, -0.15) is 0 Å². The molecule has 0 unspecified atom stereocenters. The molecular weight excluding hydrogens is 314 g/mol. The fourth-order valence-electron chi connectivity index (χ4n) is 1.94. The number of hydrogen-bond acceptors (Lipinski definition) is 3. The summed E-state index contributed by atoms with van der Waals surface area (Å²) in [6.07, 6.45) is 3.66. The van der Waals surface area contributed by atoms with E-state index in [0.717, 1.165) is 26.9 Å². The van der Waals surface area contributed by atoms with Gasteiger partial charge in [0.25, 0.3) is 0 Å². The van der Waals surface area contributed by atoms with Crippen molar-refractivity contribution in [1.82, 2.24) is 9.97 Å². The minimum absolute atomic E-state index is 0.695. The van der Waals surface area contributed by atoms with Gasteiger partial charge in [-0.05, 0) is 35.9 Å². The van der Waals surface area contributed by atoms with Crippen molar-refractivity contribution in [3.63, 3.8) is 0 Å². The van der Waals surface area contributed by atoms with Gasteiger partial charge in [0, 0.05) is 33.7 Å². The summed E-state index contributed by atoms with van der Waals surface area (Å²) in [4.78, 5) is 8.85. The number of aromatic nitrogens is 2. The summed E-state index contributed by atoms with van der Waals surface area (Å²) in [5.41, 5.74) is 9.43. The summed E-state index contributed by atoms with van der Waals surface area (Å²) < 4.78 is 1.03. The van der Waals surface area contributed by atoms with E-state index in [4.69, 9.17) is 5.73 Å². The molecule has 0 saturated carbocycles. The van der Waals surface area contributed by atoms with Crippen LogP contribution in [-0.4, -0.2) is 9.97 Å². The van der Waals surface area contributed by atoms with Crippen molar-refractivity contribution in [2.45, 2.75) is 0 Å².